The van der Waals surface area contributed by atoms with Crippen LogP contribution in [0.5, 0.6) is 0 Å². The monoisotopic (exact) mass is 328 g/mol. The van der Waals surface area contributed by atoms with E-state index in [1.165, 1.54) is 17.4 Å². The van der Waals surface area contributed by atoms with Crippen molar-refractivity contribution in [2.24, 2.45) is 0 Å². The summed E-state index contributed by atoms with van der Waals surface area (Å²) in [5, 5.41) is 5.48. The van der Waals surface area contributed by atoms with E-state index < -0.39 is 0 Å². The van der Waals surface area contributed by atoms with Gasteiger partial charge in [-0.1, -0.05) is 43.7 Å². The SMILES string of the molecule is Cc1cccc(C(C)(C)CNC(=O)CNC(=O)c2ccoc2C)c1. The minimum atomic E-state index is -0.311. The van der Waals surface area contributed by atoms with Gasteiger partial charge >= 0.3 is 0 Å². The molecule has 2 amide bonds. The van der Waals surface area contributed by atoms with Crippen LogP contribution in [0, 0.1) is 13.8 Å². The molecular weight excluding hydrogens is 304 g/mol. The zero-order valence-electron chi connectivity index (χ0n) is 14.6. The van der Waals surface area contributed by atoms with Gasteiger partial charge in [0.05, 0.1) is 18.4 Å². The molecule has 0 saturated heterocycles. The summed E-state index contributed by atoms with van der Waals surface area (Å²) in [7, 11) is 0. The van der Waals surface area contributed by atoms with Crippen molar-refractivity contribution in [1.29, 1.82) is 0 Å². The minimum Gasteiger partial charge on any atom is -0.469 e. The molecular formula is C19H24N2O3. The van der Waals surface area contributed by atoms with Crippen LogP contribution in [0.3, 0.4) is 0 Å². The van der Waals surface area contributed by atoms with Crippen molar-refractivity contribution < 1.29 is 14.0 Å². The number of aryl methyl sites for hydroxylation is 2. The van der Waals surface area contributed by atoms with E-state index >= 15 is 0 Å². The highest BCUT2D eigenvalue weighted by molar-refractivity contribution is 5.97. The molecule has 1 aromatic heterocycles. The number of hydrogen-bond donors (Lipinski definition) is 2. The van der Waals surface area contributed by atoms with E-state index in [1.807, 2.05) is 19.1 Å². The number of hydrogen-bond acceptors (Lipinski definition) is 3. The molecule has 2 rings (SSSR count). The third-order valence-corrected chi connectivity index (χ3v) is 4.04. The number of rotatable bonds is 6. The largest absolute Gasteiger partial charge is 0.469 e. The minimum absolute atomic E-state index is 0.0622. The molecule has 2 N–H and O–H groups in total. The normalized spacial score (nSPS) is 11.2. The summed E-state index contributed by atoms with van der Waals surface area (Å²) in [6, 6.07) is 9.83. The highest BCUT2D eigenvalue weighted by Gasteiger charge is 2.21. The number of carbonyl (C=O) groups is 2. The van der Waals surface area contributed by atoms with E-state index in [0.29, 0.717) is 17.9 Å². The first-order valence-electron chi connectivity index (χ1n) is 7.96. The number of benzene rings is 1. The first-order valence-corrected chi connectivity index (χ1v) is 7.96. The van der Waals surface area contributed by atoms with Crippen LogP contribution in [0.25, 0.3) is 0 Å². The zero-order valence-corrected chi connectivity index (χ0v) is 14.6. The van der Waals surface area contributed by atoms with E-state index in [2.05, 4.69) is 36.6 Å². The van der Waals surface area contributed by atoms with Gasteiger partial charge in [0.15, 0.2) is 0 Å². The Kier molecular flexibility index (Phi) is 5.44. The molecule has 0 aliphatic rings. The van der Waals surface area contributed by atoms with Crippen LogP contribution < -0.4 is 10.6 Å². The summed E-state index contributed by atoms with van der Waals surface area (Å²) >= 11 is 0. The molecule has 1 aromatic carbocycles. The summed E-state index contributed by atoms with van der Waals surface area (Å²) < 4.78 is 5.08. The Morgan fingerprint density at radius 1 is 1.12 bits per heavy atom. The van der Waals surface area contributed by atoms with Gasteiger partial charge in [-0.3, -0.25) is 9.59 Å². The van der Waals surface area contributed by atoms with Crippen molar-refractivity contribution in [3.63, 3.8) is 0 Å². The third kappa shape index (κ3) is 4.47. The maximum atomic E-state index is 12.0. The van der Waals surface area contributed by atoms with E-state index in [4.69, 9.17) is 4.42 Å². The lowest BCUT2D eigenvalue weighted by molar-refractivity contribution is -0.120. The van der Waals surface area contributed by atoms with Crippen LogP contribution in [0.4, 0.5) is 0 Å². The smallest absolute Gasteiger partial charge is 0.255 e. The number of amides is 2. The quantitative estimate of drug-likeness (QED) is 0.856. The molecule has 2 aromatic rings. The first-order chi connectivity index (χ1) is 11.3. The van der Waals surface area contributed by atoms with E-state index in [0.717, 1.165) is 0 Å². The Morgan fingerprint density at radius 3 is 2.50 bits per heavy atom. The first kappa shape index (κ1) is 17.8. The fraction of sp³-hybridized carbons (Fsp3) is 0.368. The van der Waals surface area contributed by atoms with Crippen molar-refractivity contribution in [1.82, 2.24) is 10.6 Å². The average Bonchev–Trinajstić information content (AvgIpc) is 2.97. The van der Waals surface area contributed by atoms with Gasteiger partial charge in [0.2, 0.25) is 5.91 Å². The van der Waals surface area contributed by atoms with Gasteiger partial charge in [0, 0.05) is 12.0 Å². The number of carbonyl (C=O) groups excluding carboxylic acids is 2. The highest BCUT2D eigenvalue weighted by Crippen LogP contribution is 2.22. The Labute approximate surface area is 142 Å². The van der Waals surface area contributed by atoms with Crippen molar-refractivity contribution in [3.05, 3.63) is 59.0 Å². The van der Waals surface area contributed by atoms with Crippen molar-refractivity contribution in [3.8, 4) is 0 Å². The number of furan rings is 1. The molecule has 24 heavy (non-hydrogen) atoms. The molecule has 0 atom stereocenters. The summed E-state index contributed by atoms with van der Waals surface area (Å²) in [4.78, 5) is 23.9. The van der Waals surface area contributed by atoms with Crippen LogP contribution in [-0.2, 0) is 10.2 Å². The molecule has 0 unspecified atom stereocenters. The van der Waals surface area contributed by atoms with Crippen molar-refractivity contribution in [2.45, 2.75) is 33.1 Å². The Hall–Kier alpha value is -2.56. The Morgan fingerprint density at radius 2 is 1.88 bits per heavy atom. The van der Waals surface area contributed by atoms with Gasteiger partial charge in [-0.25, -0.2) is 0 Å². The van der Waals surface area contributed by atoms with Crippen molar-refractivity contribution >= 4 is 11.8 Å². The second-order valence-corrected chi connectivity index (χ2v) is 6.60. The molecule has 0 bridgehead atoms. The fourth-order valence-corrected chi connectivity index (χ4v) is 2.43. The summed E-state index contributed by atoms with van der Waals surface area (Å²) in [6.07, 6.45) is 1.45. The molecule has 0 spiro atoms. The summed E-state index contributed by atoms with van der Waals surface area (Å²) in [5.74, 6) is 0.00746. The highest BCUT2D eigenvalue weighted by atomic mass is 16.3. The van der Waals surface area contributed by atoms with E-state index in [-0.39, 0.29) is 23.8 Å². The second-order valence-electron chi connectivity index (χ2n) is 6.60. The van der Waals surface area contributed by atoms with Crippen LogP contribution >= 0.6 is 0 Å². The molecule has 5 nitrogen and oxygen atoms in total. The maximum absolute atomic E-state index is 12.0. The number of nitrogens with one attached hydrogen (secondary N) is 2. The predicted octanol–water partition coefficient (Wildman–Crippen LogP) is 2.72. The lowest BCUT2D eigenvalue weighted by Crippen LogP contribution is -2.42. The molecule has 0 fully saturated rings. The average molecular weight is 328 g/mol. The maximum Gasteiger partial charge on any atom is 0.255 e. The standard InChI is InChI=1S/C19H24N2O3/c1-13-6-5-7-15(10-13)19(3,4)12-21-17(22)11-20-18(23)16-8-9-24-14(16)2/h5-10H,11-12H2,1-4H3,(H,20,23)(H,21,22). The lowest BCUT2D eigenvalue weighted by atomic mass is 9.84. The van der Waals surface area contributed by atoms with Crippen LogP contribution in [0.2, 0.25) is 0 Å². The topological polar surface area (TPSA) is 71.3 Å². The van der Waals surface area contributed by atoms with Gasteiger partial charge in [0.25, 0.3) is 5.91 Å². The van der Waals surface area contributed by atoms with Crippen molar-refractivity contribution in [2.75, 3.05) is 13.1 Å². The van der Waals surface area contributed by atoms with Crippen LogP contribution in [-0.4, -0.2) is 24.9 Å². The summed E-state index contributed by atoms with van der Waals surface area (Å²) in [5.41, 5.74) is 2.62. The van der Waals surface area contributed by atoms with E-state index in [9.17, 15) is 9.59 Å². The molecule has 128 valence electrons. The molecule has 0 radical (unpaired) electrons. The second kappa shape index (κ2) is 7.34. The fourth-order valence-electron chi connectivity index (χ4n) is 2.43. The third-order valence-electron chi connectivity index (χ3n) is 4.04. The Bertz CT molecular complexity index is 732. The molecule has 0 aliphatic heterocycles. The molecule has 0 aliphatic carbocycles. The van der Waals surface area contributed by atoms with Gasteiger partial charge in [0.1, 0.15) is 5.76 Å². The van der Waals surface area contributed by atoms with Gasteiger partial charge in [-0.15, -0.1) is 0 Å². The molecule has 5 heteroatoms. The van der Waals surface area contributed by atoms with E-state index in [1.54, 1.807) is 13.0 Å². The summed E-state index contributed by atoms with van der Waals surface area (Å²) in [6.45, 7) is 8.35. The van der Waals surface area contributed by atoms with Gasteiger partial charge in [-0.05, 0) is 25.5 Å². The lowest BCUT2D eigenvalue weighted by Gasteiger charge is -2.26. The van der Waals surface area contributed by atoms with Crippen LogP contribution in [0.1, 0.15) is 41.1 Å². The van der Waals surface area contributed by atoms with Gasteiger partial charge < -0.3 is 15.1 Å². The van der Waals surface area contributed by atoms with Crippen LogP contribution in [0.15, 0.2) is 41.0 Å². The van der Waals surface area contributed by atoms with Gasteiger partial charge in [-0.2, -0.15) is 0 Å². The Balaban J connectivity index is 1.84. The predicted molar refractivity (Wildman–Crippen MR) is 93.0 cm³/mol. The molecule has 0 saturated carbocycles. The molecule has 1 heterocycles. The zero-order chi connectivity index (χ0) is 17.7.